The molecule has 0 saturated heterocycles. The number of hydrogen-bond acceptors (Lipinski definition) is 4. The molecule has 0 aromatic carbocycles. The molecule has 0 unspecified atom stereocenters. The highest BCUT2D eigenvalue weighted by atomic mass is 15.2. The van der Waals surface area contributed by atoms with Gasteiger partial charge < -0.3 is 5.32 Å². The smallest absolute Gasteiger partial charge is 0.151 e. The summed E-state index contributed by atoms with van der Waals surface area (Å²) < 4.78 is 0. The minimum Gasteiger partial charge on any atom is -0.372 e. The van der Waals surface area contributed by atoms with Gasteiger partial charge in [-0.25, -0.2) is 4.98 Å². The van der Waals surface area contributed by atoms with Crippen molar-refractivity contribution in [2.24, 2.45) is 0 Å². The van der Waals surface area contributed by atoms with Gasteiger partial charge >= 0.3 is 0 Å². The molecule has 0 radical (unpaired) electrons. The highest BCUT2D eigenvalue weighted by Gasteiger charge is 1.97. The van der Waals surface area contributed by atoms with Crippen molar-refractivity contribution in [3.05, 3.63) is 11.5 Å². The lowest BCUT2D eigenvalue weighted by Gasteiger charge is -2.00. The predicted octanol–water partition coefficient (Wildman–Crippen LogP) is 0.530. The molecule has 0 bridgehead atoms. The molecule has 0 aliphatic heterocycles. The molecule has 0 aliphatic carbocycles. The Morgan fingerprint density at radius 2 is 1.90 bits per heavy atom. The largest absolute Gasteiger partial charge is 0.372 e. The van der Waals surface area contributed by atoms with Gasteiger partial charge in [0, 0.05) is 7.05 Å². The number of rotatable bonds is 1. The Hall–Kier alpha value is -1.19. The van der Waals surface area contributed by atoms with Crippen molar-refractivity contribution in [3.63, 3.8) is 0 Å². The van der Waals surface area contributed by atoms with Crippen LogP contribution in [-0.2, 0) is 0 Å². The molecule has 4 heteroatoms. The fraction of sp³-hybridized carbons (Fsp3) is 0.500. The van der Waals surface area contributed by atoms with E-state index < -0.39 is 0 Å². The molecule has 10 heavy (non-hydrogen) atoms. The first kappa shape index (κ1) is 6.92. The summed E-state index contributed by atoms with van der Waals surface area (Å²) in [7, 11) is 1.82. The molecule has 0 saturated carbocycles. The van der Waals surface area contributed by atoms with Crippen molar-refractivity contribution in [2.75, 3.05) is 12.4 Å². The zero-order chi connectivity index (χ0) is 7.56. The lowest BCUT2D eigenvalue weighted by Crippen LogP contribution is -2.01. The van der Waals surface area contributed by atoms with E-state index in [1.165, 1.54) is 0 Å². The molecular weight excluding hydrogens is 128 g/mol. The summed E-state index contributed by atoms with van der Waals surface area (Å²) in [5.41, 5.74) is 0.827. The standard InChI is InChI=1S/C6H10N4/c1-4-6(7-3)8-5(2)10-9-4/h1-3H3,(H,7,8,10). The third-order valence-electron chi connectivity index (χ3n) is 1.20. The maximum atomic E-state index is 4.11. The van der Waals surface area contributed by atoms with Crippen LogP contribution in [0, 0.1) is 13.8 Å². The van der Waals surface area contributed by atoms with E-state index in [2.05, 4.69) is 20.5 Å². The fourth-order valence-electron chi connectivity index (χ4n) is 0.697. The van der Waals surface area contributed by atoms with Crippen molar-refractivity contribution in [1.82, 2.24) is 15.2 Å². The molecule has 54 valence electrons. The molecular formula is C6H10N4. The van der Waals surface area contributed by atoms with Crippen LogP contribution < -0.4 is 5.32 Å². The van der Waals surface area contributed by atoms with Crippen molar-refractivity contribution < 1.29 is 0 Å². The minimum absolute atomic E-state index is 0.690. The Labute approximate surface area is 59.7 Å². The van der Waals surface area contributed by atoms with Crippen molar-refractivity contribution in [3.8, 4) is 0 Å². The second-order valence-electron chi connectivity index (χ2n) is 2.04. The van der Waals surface area contributed by atoms with E-state index in [0.717, 1.165) is 11.5 Å². The van der Waals surface area contributed by atoms with Crippen LogP contribution in [0.15, 0.2) is 0 Å². The number of aryl methyl sites for hydroxylation is 2. The number of aromatic nitrogens is 3. The first-order valence-electron chi connectivity index (χ1n) is 3.09. The number of anilines is 1. The van der Waals surface area contributed by atoms with Crippen molar-refractivity contribution in [2.45, 2.75) is 13.8 Å². The van der Waals surface area contributed by atoms with E-state index >= 15 is 0 Å². The van der Waals surface area contributed by atoms with Crippen LogP contribution in [0.2, 0.25) is 0 Å². The maximum absolute atomic E-state index is 4.11. The van der Waals surface area contributed by atoms with Gasteiger partial charge in [-0.2, -0.15) is 5.10 Å². The van der Waals surface area contributed by atoms with Crippen LogP contribution in [0.1, 0.15) is 11.5 Å². The molecule has 0 fully saturated rings. The molecule has 0 spiro atoms. The van der Waals surface area contributed by atoms with Gasteiger partial charge in [-0.05, 0) is 13.8 Å². The van der Waals surface area contributed by atoms with Gasteiger partial charge in [0.15, 0.2) is 5.82 Å². The average molecular weight is 138 g/mol. The Balaban J connectivity index is 3.09. The van der Waals surface area contributed by atoms with Crippen LogP contribution in [0.3, 0.4) is 0 Å². The zero-order valence-corrected chi connectivity index (χ0v) is 6.34. The molecule has 0 aliphatic rings. The SMILES string of the molecule is CNc1nc(C)nnc1C. The predicted molar refractivity (Wildman–Crippen MR) is 38.8 cm³/mol. The van der Waals surface area contributed by atoms with E-state index in [1.54, 1.807) is 0 Å². The first-order valence-corrected chi connectivity index (χ1v) is 3.09. The molecule has 0 amide bonds. The molecule has 4 nitrogen and oxygen atoms in total. The van der Waals surface area contributed by atoms with Gasteiger partial charge in [-0.1, -0.05) is 0 Å². The summed E-state index contributed by atoms with van der Waals surface area (Å²) in [5.74, 6) is 1.49. The Bertz CT molecular complexity index is 233. The van der Waals surface area contributed by atoms with Crippen LogP contribution in [0.5, 0.6) is 0 Å². The first-order chi connectivity index (χ1) is 4.74. The van der Waals surface area contributed by atoms with Gasteiger partial charge in [0.25, 0.3) is 0 Å². The molecule has 1 heterocycles. The minimum atomic E-state index is 0.690. The number of nitrogens with one attached hydrogen (secondary N) is 1. The summed E-state index contributed by atoms with van der Waals surface area (Å²) in [6, 6.07) is 0. The second kappa shape index (κ2) is 2.60. The Morgan fingerprint density at radius 3 is 2.40 bits per heavy atom. The van der Waals surface area contributed by atoms with Gasteiger partial charge in [-0.3, -0.25) is 0 Å². The van der Waals surface area contributed by atoms with Crippen LogP contribution in [-0.4, -0.2) is 22.2 Å². The normalized spacial score (nSPS) is 9.50. The van der Waals surface area contributed by atoms with Crippen molar-refractivity contribution in [1.29, 1.82) is 0 Å². The third kappa shape index (κ3) is 1.21. The highest BCUT2D eigenvalue weighted by molar-refractivity contribution is 5.36. The van der Waals surface area contributed by atoms with E-state index in [9.17, 15) is 0 Å². The summed E-state index contributed by atoms with van der Waals surface area (Å²) in [6.07, 6.45) is 0. The van der Waals surface area contributed by atoms with E-state index in [0.29, 0.717) is 5.82 Å². The van der Waals surface area contributed by atoms with E-state index in [1.807, 2.05) is 20.9 Å². The maximum Gasteiger partial charge on any atom is 0.151 e. The van der Waals surface area contributed by atoms with Gasteiger partial charge in [-0.15, -0.1) is 5.10 Å². The van der Waals surface area contributed by atoms with Gasteiger partial charge in [0.2, 0.25) is 0 Å². The Kier molecular flexibility index (Phi) is 1.80. The Morgan fingerprint density at radius 1 is 1.20 bits per heavy atom. The zero-order valence-electron chi connectivity index (χ0n) is 6.34. The summed E-state index contributed by atoms with van der Waals surface area (Å²) in [4.78, 5) is 4.11. The highest BCUT2D eigenvalue weighted by Crippen LogP contribution is 2.03. The lowest BCUT2D eigenvalue weighted by molar-refractivity contribution is 0.878. The second-order valence-corrected chi connectivity index (χ2v) is 2.04. The van der Waals surface area contributed by atoms with E-state index in [-0.39, 0.29) is 0 Å². The van der Waals surface area contributed by atoms with Crippen LogP contribution in [0.25, 0.3) is 0 Å². The fourth-order valence-corrected chi connectivity index (χ4v) is 0.697. The number of hydrogen-bond donors (Lipinski definition) is 1. The van der Waals surface area contributed by atoms with Crippen LogP contribution in [0.4, 0.5) is 5.82 Å². The van der Waals surface area contributed by atoms with Crippen molar-refractivity contribution >= 4 is 5.82 Å². The molecule has 0 atom stereocenters. The third-order valence-corrected chi connectivity index (χ3v) is 1.20. The number of nitrogens with zero attached hydrogens (tertiary/aromatic N) is 3. The molecule has 1 aromatic rings. The van der Waals surface area contributed by atoms with Gasteiger partial charge in [0.05, 0.1) is 0 Å². The topological polar surface area (TPSA) is 50.7 Å². The summed E-state index contributed by atoms with van der Waals surface area (Å²) in [6.45, 7) is 3.68. The summed E-state index contributed by atoms with van der Waals surface area (Å²) in [5, 5.41) is 10.6. The van der Waals surface area contributed by atoms with Crippen LogP contribution >= 0.6 is 0 Å². The molecule has 1 N–H and O–H groups in total. The van der Waals surface area contributed by atoms with Gasteiger partial charge in [0.1, 0.15) is 11.5 Å². The average Bonchev–Trinajstić information content (AvgIpc) is 1.94. The lowest BCUT2D eigenvalue weighted by atomic mass is 10.5. The summed E-state index contributed by atoms with van der Waals surface area (Å²) >= 11 is 0. The quantitative estimate of drug-likeness (QED) is 0.615. The molecule has 1 aromatic heterocycles. The van der Waals surface area contributed by atoms with E-state index in [4.69, 9.17) is 0 Å². The monoisotopic (exact) mass is 138 g/mol. The molecule has 1 rings (SSSR count).